The summed E-state index contributed by atoms with van der Waals surface area (Å²) in [5, 5.41) is 0.795. The summed E-state index contributed by atoms with van der Waals surface area (Å²) in [4.78, 5) is 0. The lowest BCUT2D eigenvalue weighted by atomic mass is 10.1. The molecule has 0 aromatic heterocycles. The van der Waals surface area contributed by atoms with Gasteiger partial charge in [-0.05, 0) is 12.8 Å². The molecule has 0 aromatic carbocycles. The van der Waals surface area contributed by atoms with Gasteiger partial charge in [-0.3, -0.25) is 0 Å². The second kappa shape index (κ2) is 9.50. The maximum absolute atomic E-state index is 12.9. The van der Waals surface area contributed by atoms with Gasteiger partial charge >= 0.3 is 0 Å². The van der Waals surface area contributed by atoms with Crippen LogP contribution in [0.3, 0.4) is 0 Å². The summed E-state index contributed by atoms with van der Waals surface area (Å²) in [5.74, 6) is 0. The molecule has 0 aliphatic heterocycles. The van der Waals surface area contributed by atoms with Gasteiger partial charge in [-0.1, -0.05) is 55.0 Å². The Labute approximate surface area is 84.1 Å². The van der Waals surface area contributed by atoms with Crippen molar-refractivity contribution in [3.8, 4) is 0 Å². The Morgan fingerprint density at radius 1 is 1.08 bits per heavy atom. The van der Waals surface area contributed by atoms with Crippen molar-refractivity contribution in [2.45, 2.75) is 58.0 Å². The number of halogens is 2. The molecular weight excluding hydrogens is 219 g/mol. The minimum absolute atomic E-state index is 0.578. The van der Waals surface area contributed by atoms with Crippen LogP contribution in [0.4, 0.5) is 4.39 Å². The van der Waals surface area contributed by atoms with Gasteiger partial charge in [0.1, 0.15) is 6.17 Å². The Bertz CT molecular complexity index is 85.9. The van der Waals surface area contributed by atoms with Crippen molar-refractivity contribution in [1.82, 2.24) is 0 Å². The first-order valence-electron chi connectivity index (χ1n) is 5.01. The fraction of sp³-hybridized carbons (Fsp3) is 1.00. The van der Waals surface area contributed by atoms with Crippen molar-refractivity contribution in [2.75, 3.05) is 5.33 Å². The monoisotopic (exact) mass is 238 g/mol. The molecule has 0 fully saturated rings. The molecule has 12 heavy (non-hydrogen) atoms. The molecule has 0 saturated heterocycles. The van der Waals surface area contributed by atoms with Gasteiger partial charge in [-0.25, -0.2) is 4.39 Å². The van der Waals surface area contributed by atoms with E-state index in [1.54, 1.807) is 0 Å². The summed E-state index contributed by atoms with van der Waals surface area (Å²) in [6, 6.07) is 0. The van der Waals surface area contributed by atoms with E-state index in [0.717, 1.165) is 18.2 Å². The van der Waals surface area contributed by atoms with Gasteiger partial charge in [0, 0.05) is 5.33 Å². The molecule has 1 unspecified atom stereocenters. The summed E-state index contributed by atoms with van der Waals surface area (Å²) in [7, 11) is 0. The molecule has 0 amide bonds. The van der Waals surface area contributed by atoms with E-state index in [9.17, 15) is 4.39 Å². The molecule has 0 saturated carbocycles. The highest BCUT2D eigenvalue weighted by Gasteiger charge is 2.03. The van der Waals surface area contributed by atoms with Crippen LogP contribution in [0.2, 0.25) is 0 Å². The van der Waals surface area contributed by atoms with Crippen LogP contribution in [0.1, 0.15) is 51.9 Å². The highest BCUT2D eigenvalue weighted by atomic mass is 79.9. The van der Waals surface area contributed by atoms with Crippen molar-refractivity contribution in [2.24, 2.45) is 0 Å². The van der Waals surface area contributed by atoms with E-state index >= 15 is 0 Å². The van der Waals surface area contributed by atoms with Gasteiger partial charge in [0.25, 0.3) is 0 Å². The average Bonchev–Trinajstić information content (AvgIpc) is 2.05. The molecular formula is C10H20BrF. The van der Waals surface area contributed by atoms with Crippen LogP contribution in [0.5, 0.6) is 0 Å². The summed E-state index contributed by atoms with van der Waals surface area (Å²) in [6.45, 7) is 2.20. The highest BCUT2D eigenvalue weighted by Crippen LogP contribution is 2.12. The van der Waals surface area contributed by atoms with Crippen molar-refractivity contribution in [1.29, 1.82) is 0 Å². The third-order valence-corrected chi connectivity index (χ3v) is 2.50. The predicted octanol–water partition coefficient (Wildman–Crippen LogP) is 4.47. The van der Waals surface area contributed by atoms with Crippen LogP contribution < -0.4 is 0 Å². The van der Waals surface area contributed by atoms with Gasteiger partial charge in [0.15, 0.2) is 0 Å². The highest BCUT2D eigenvalue weighted by molar-refractivity contribution is 9.09. The maximum atomic E-state index is 12.9. The van der Waals surface area contributed by atoms with E-state index in [4.69, 9.17) is 0 Å². The molecule has 0 aliphatic carbocycles. The molecule has 0 N–H and O–H groups in total. The Hall–Kier alpha value is 0.410. The van der Waals surface area contributed by atoms with Gasteiger partial charge in [-0.2, -0.15) is 0 Å². The van der Waals surface area contributed by atoms with Gasteiger partial charge in [0.2, 0.25) is 0 Å². The number of hydrogen-bond acceptors (Lipinski definition) is 0. The smallest absolute Gasteiger partial charge is 0.101 e. The fourth-order valence-electron chi connectivity index (χ4n) is 1.23. The van der Waals surface area contributed by atoms with Crippen LogP contribution in [0.25, 0.3) is 0 Å². The predicted molar refractivity (Wildman–Crippen MR) is 56.7 cm³/mol. The van der Waals surface area contributed by atoms with Crippen LogP contribution in [0, 0.1) is 0 Å². The topological polar surface area (TPSA) is 0 Å². The molecule has 0 nitrogen and oxygen atoms in total. The van der Waals surface area contributed by atoms with Gasteiger partial charge in [0.05, 0.1) is 0 Å². The molecule has 0 spiro atoms. The van der Waals surface area contributed by atoms with E-state index in [1.807, 2.05) is 0 Å². The lowest BCUT2D eigenvalue weighted by molar-refractivity contribution is 0.298. The first-order chi connectivity index (χ1) is 5.81. The second-order valence-corrected chi connectivity index (χ2v) is 4.07. The van der Waals surface area contributed by atoms with Crippen LogP contribution >= 0.6 is 15.9 Å². The zero-order valence-electron chi connectivity index (χ0n) is 7.99. The number of unbranched alkanes of at least 4 members (excludes halogenated alkanes) is 4. The molecule has 0 aliphatic rings. The van der Waals surface area contributed by atoms with Crippen LogP contribution in [-0.2, 0) is 0 Å². The van der Waals surface area contributed by atoms with Crippen LogP contribution in [-0.4, -0.2) is 11.5 Å². The molecule has 0 aromatic rings. The van der Waals surface area contributed by atoms with E-state index in [-0.39, 0.29) is 0 Å². The SMILES string of the molecule is CCCCCCCC(F)CCBr. The fourth-order valence-corrected chi connectivity index (χ4v) is 1.73. The number of alkyl halides is 2. The third kappa shape index (κ3) is 8.51. The van der Waals surface area contributed by atoms with E-state index in [2.05, 4.69) is 22.9 Å². The lowest BCUT2D eigenvalue weighted by Gasteiger charge is -2.04. The Balaban J connectivity index is 2.97. The zero-order valence-corrected chi connectivity index (χ0v) is 9.58. The Kier molecular flexibility index (Phi) is 9.82. The quantitative estimate of drug-likeness (QED) is 0.433. The Morgan fingerprint density at radius 3 is 2.33 bits per heavy atom. The Morgan fingerprint density at radius 2 is 1.75 bits per heavy atom. The summed E-state index contributed by atoms with van der Waals surface area (Å²) < 4.78 is 12.9. The molecule has 2 heteroatoms. The first kappa shape index (κ1) is 12.4. The molecule has 0 bridgehead atoms. The molecule has 0 radical (unpaired) electrons. The first-order valence-corrected chi connectivity index (χ1v) is 6.13. The van der Waals surface area contributed by atoms with Crippen molar-refractivity contribution in [3.63, 3.8) is 0 Å². The number of hydrogen-bond donors (Lipinski definition) is 0. The standard InChI is InChI=1S/C10H20BrF/c1-2-3-4-5-6-7-10(12)8-9-11/h10H,2-9H2,1H3. The largest absolute Gasteiger partial charge is 0.247 e. The summed E-state index contributed by atoms with van der Waals surface area (Å²) in [5.41, 5.74) is 0. The van der Waals surface area contributed by atoms with Crippen LogP contribution in [0.15, 0.2) is 0 Å². The lowest BCUT2D eigenvalue weighted by Crippen LogP contribution is -2.00. The molecule has 0 heterocycles. The molecule has 1 atom stereocenters. The molecule has 74 valence electrons. The van der Waals surface area contributed by atoms with Crippen molar-refractivity contribution < 1.29 is 4.39 Å². The summed E-state index contributed by atoms with van der Waals surface area (Å²) >= 11 is 3.24. The van der Waals surface area contributed by atoms with Gasteiger partial charge in [-0.15, -0.1) is 0 Å². The zero-order chi connectivity index (χ0) is 9.23. The maximum Gasteiger partial charge on any atom is 0.101 e. The average molecular weight is 239 g/mol. The van der Waals surface area contributed by atoms with E-state index in [0.29, 0.717) is 6.42 Å². The second-order valence-electron chi connectivity index (χ2n) is 3.28. The van der Waals surface area contributed by atoms with E-state index in [1.165, 1.54) is 25.7 Å². The number of rotatable bonds is 8. The van der Waals surface area contributed by atoms with Gasteiger partial charge < -0.3 is 0 Å². The minimum atomic E-state index is -0.578. The van der Waals surface area contributed by atoms with E-state index < -0.39 is 6.17 Å². The summed E-state index contributed by atoms with van der Waals surface area (Å²) in [6.07, 6.45) is 6.97. The normalized spacial score (nSPS) is 13.2. The minimum Gasteiger partial charge on any atom is -0.247 e. The third-order valence-electron chi connectivity index (χ3n) is 2.04. The van der Waals surface area contributed by atoms with Crippen molar-refractivity contribution in [3.05, 3.63) is 0 Å². The van der Waals surface area contributed by atoms with Crippen molar-refractivity contribution >= 4 is 15.9 Å². The molecule has 0 rings (SSSR count).